The van der Waals surface area contributed by atoms with Gasteiger partial charge < -0.3 is 15.2 Å². The van der Waals surface area contributed by atoms with E-state index in [9.17, 15) is 19.5 Å². The third-order valence-electron chi connectivity index (χ3n) is 5.35. The van der Waals surface area contributed by atoms with Gasteiger partial charge in [0.25, 0.3) is 5.91 Å². The first-order valence-corrected chi connectivity index (χ1v) is 8.48. The molecule has 7 heteroatoms. The van der Waals surface area contributed by atoms with Crippen molar-refractivity contribution >= 4 is 23.3 Å². The van der Waals surface area contributed by atoms with E-state index in [1.54, 1.807) is 48.5 Å². The van der Waals surface area contributed by atoms with Crippen molar-refractivity contribution in [2.24, 2.45) is 5.92 Å². The second-order valence-electron chi connectivity index (χ2n) is 6.70. The van der Waals surface area contributed by atoms with E-state index in [4.69, 9.17) is 4.74 Å². The van der Waals surface area contributed by atoms with Gasteiger partial charge in [0.05, 0.1) is 7.11 Å². The van der Waals surface area contributed by atoms with Gasteiger partial charge in [0, 0.05) is 18.3 Å². The molecule has 1 saturated heterocycles. The molecule has 0 aromatic heterocycles. The summed E-state index contributed by atoms with van der Waals surface area (Å²) in [4.78, 5) is 39.5. The number of aliphatic hydroxyl groups is 1. The van der Waals surface area contributed by atoms with E-state index in [-0.39, 0.29) is 5.78 Å². The first-order valence-electron chi connectivity index (χ1n) is 8.48. The van der Waals surface area contributed by atoms with Crippen LogP contribution in [0.2, 0.25) is 0 Å². The molecule has 3 atom stereocenters. The summed E-state index contributed by atoms with van der Waals surface area (Å²) in [5.74, 6) is -2.49. The molecule has 0 aliphatic carbocycles. The van der Waals surface area contributed by atoms with Crippen LogP contribution in [0.25, 0.3) is 0 Å². The number of nitrogens with one attached hydrogen (secondary N) is 1. The maximum atomic E-state index is 13.5. The van der Waals surface area contributed by atoms with Crippen molar-refractivity contribution in [2.75, 3.05) is 19.5 Å². The van der Waals surface area contributed by atoms with Gasteiger partial charge in [-0.05, 0) is 29.8 Å². The Hall–Kier alpha value is -3.19. The normalized spacial score (nSPS) is 26.9. The Kier molecular flexibility index (Phi) is 3.78. The summed E-state index contributed by atoms with van der Waals surface area (Å²) in [6.45, 7) is 0. The van der Waals surface area contributed by atoms with Crippen molar-refractivity contribution < 1.29 is 24.2 Å². The van der Waals surface area contributed by atoms with Gasteiger partial charge in [0.1, 0.15) is 23.3 Å². The number of methoxy groups -OCH3 is 1. The predicted molar refractivity (Wildman–Crippen MR) is 96.3 cm³/mol. The number of hydrogen-bond acceptors (Lipinski definition) is 6. The highest BCUT2D eigenvalue weighted by atomic mass is 16.5. The van der Waals surface area contributed by atoms with E-state index in [1.807, 2.05) is 0 Å². The maximum Gasteiger partial charge on any atom is 0.258 e. The van der Waals surface area contributed by atoms with Crippen molar-refractivity contribution in [1.29, 1.82) is 0 Å². The van der Waals surface area contributed by atoms with E-state index in [0.717, 1.165) is 4.90 Å². The SMILES string of the molecule is COc1cccc(C2(C3C(=O)N(C)C(=O)C3O)Nc3ccccc3C2=O)c1. The summed E-state index contributed by atoms with van der Waals surface area (Å²) in [5, 5.41) is 13.7. The Labute approximate surface area is 155 Å². The highest BCUT2D eigenvalue weighted by Gasteiger charge is 2.63. The molecule has 1 fully saturated rings. The number of ether oxygens (including phenoxy) is 1. The number of likely N-dealkylation sites (N-methyl/N-ethyl adjacent to an activating group) is 1. The van der Waals surface area contributed by atoms with Crippen LogP contribution in [-0.4, -0.2) is 47.9 Å². The molecule has 0 saturated carbocycles. The summed E-state index contributed by atoms with van der Waals surface area (Å²) in [5.41, 5.74) is -0.201. The van der Waals surface area contributed by atoms with Crippen LogP contribution in [0, 0.1) is 5.92 Å². The number of fused-ring (bicyclic) bond motifs is 1. The number of nitrogens with zero attached hydrogens (tertiary/aromatic N) is 1. The van der Waals surface area contributed by atoms with Gasteiger partial charge in [-0.3, -0.25) is 19.3 Å². The topological polar surface area (TPSA) is 95.9 Å². The molecule has 138 valence electrons. The first-order chi connectivity index (χ1) is 12.9. The molecule has 2 aliphatic rings. The molecule has 3 unspecified atom stereocenters. The minimum absolute atomic E-state index is 0.369. The van der Waals surface area contributed by atoms with Crippen LogP contribution in [0.1, 0.15) is 15.9 Å². The molecule has 0 radical (unpaired) electrons. The van der Waals surface area contributed by atoms with E-state index in [2.05, 4.69) is 5.32 Å². The number of likely N-dealkylation sites (tertiary alicyclic amines) is 1. The summed E-state index contributed by atoms with van der Waals surface area (Å²) >= 11 is 0. The fourth-order valence-electron chi connectivity index (χ4n) is 3.96. The van der Waals surface area contributed by atoms with E-state index < -0.39 is 29.4 Å². The molecule has 2 aliphatic heterocycles. The number of ketones is 1. The zero-order valence-electron chi connectivity index (χ0n) is 14.8. The Balaban J connectivity index is 1.97. The second-order valence-corrected chi connectivity index (χ2v) is 6.70. The smallest absolute Gasteiger partial charge is 0.258 e. The molecule has 27 heavy (non-hydrogen) atoms. The van der Waals surface area contributed by atoms with Gasteiger partial charge in [-0.1, -0.05) is 24.3 Å². The number of benzene rings is 2. The average molecular weight is 366 g/mol. The summed E-state index contributed by atoms with van der Waals surface area (Å²) in [6, 6.07) is 13.6. The summed E-state index contributed by atoms with van der Waals surface area (Å²) in [6.07, 6.45) is -1.63. The lowest BCUT2D eigenvalue weighted by atomic mass is 9.73. The number of Topliss-reactive ketones (excluding diaryl/α,β-unsaturated/α-hetero) is 1. The molecule has 2 aromatic rings. The monoisotopic (exact) mass is 366 g/mol. The third-order valence-corrected chi connectivity index (χ3v) is 5.35. The molecular weight excluding hydrogens is 348 g/mol. The van der Waals surface area contributed by atoms with E-state index in [0.29, 0.717) is 22.6 Å². The van der Waals surface area contributed by atoms with Crippen LogP contribution >= 0.6 is 0 Å². The van der Waals surface area contributed by atoms with Crippen molar-refractivity contribution in [2.45, 2.75) is 11.6 Å². The quantitative estimate of drug-likeness (QED) is 0.792. The lowest BCUT2D eigenvalue weighted by Gasteiger charge is -2.34. The molecule has 2 N–H and O–H groups in total. The standard InChI is InChI=1S/C20H18N2O5/c1-22-18(25)15(16(23)19(22)26)20(11-6-5-7-12(10-11)27-2)17(24)13-8-3-4-9-14(13)21-20/h3-10,15-16,21,23H,1-2H3. The lowest BCUT2D eigenvalue weighted by molar-refractivity contribution is -0.139. The van der Waals surface area contributed by atoms with Crippen LogP contribution in [0.5, 0.6) is 5.75 Å². The molecule has 2 heterocycles. The predicted octanol–water partition coefficient (Wildman–Crippen LogP) is 1.17. The lowest BCUT2D eigenvalue weighted by Crippen LogP contribution is -2.52. The Morgan fingerprint density at radius 3 is 2.44 bits per heavy atom. The number of carbonyl (C=O) groups excluding carboxylic acids is 3. The number of carbonyl (C=O) groups is 3. The van der Waals surface area contributed by atoms with Gasteiger partial charge in [-0.2, -0.15) is 0 Å². The number of rotatable bonds is 3. The molecule has 2 amide bonds. The minimum atomic E-state index is -1.63. The van der Waals surface area contributed by atoms with Gasteiger partial charge >= 0.3 is 0 Å². The van der Waals surface area contributed by atoms with Crippen molar-refractivity contribution in [3.05, 3.63) is 59.7 Å². The van der Waals surface area contributed by atoms with Gasteiger partial charge in [-0.25, -0.2) is 0 Å². The highest BCUT2D eigenvalue weighted by molar-refractivity contribution is 6.19. The Morgan fingerprint density at radius 2 is 1.81 bits per heavy atom. The number of anilines is 1. The fraction of sp³-hybridized carbons (Fsp3) is 0.250. The van der Waals surface area contributed by atoms with E-state index >= 15 is 0 Å². The first kappa shape index (κ1) is 17.2. The second kappa shape index (κ2) is 5.92. The van der Waals surface area contributed by atoms with Crippen molar-refractivity contribution in [3.8, 4) is 5.75 Å². The Morgan fingerprint density at radius 1 is 1.07 bits per heavy atom. The van der Waals surface area contributed by atoms with Gasteiger partial charge in [0.2, 0.25) is 5.91 Å². The number of amides is 2. The number of aliphatic hydroxyl groups excluding tert-OH is 1. The summed E-state index contributed by atoms with van der Waals surface area (Å²) in [7, 11) is 2.80. The largest absolute Gasteiger partial charge is 0.497 e. The zero-order valence-corrected chi connectivity index (χ0v) is 14.8. The molecule has 2 aromatic carbocycles. The minimum Gasteiger partial charge on any atom is -0.497 e. The maximum absolute atomic E-state index is 13.5. The highest BCUT2D eigenvalue weighted by Crippen LogP contribution is 2.48. The molecule has 0 bridgehead atoms. The van der Waals surface area contributed by atoms with Crippen LogP contribution in [0.4, 0.5) is 5.69 Å². The number of hydrogen-bond donors (Lipinski definition) is 2. The fourth-order valence-corrected chi connectivity index (χ4v) is 3.96. The van der Waals surface area contributed by atoms with Crippen LogP contribution in [-0.2, 0) is 15.1 Å². The summed E-state index contributed by atoms with van der Waals surface area (Å²) < 4.78 is 5.27. The van der Waals surface area contributed by atoms with Crippen molar-refractivity contribution in [1.82, 2.24) is 4.90 Å². The van der Waals surface area contributed by atoms with Gasteiger partial charge in [-0.15, -0.1) is 0 Å². The third kappa shape index (κ3) is 2.21. The number of imide groups is 1. The zero-order chi connectivity index (χ0) is 19.3. The van der Waals surface area contributed by atoms with Crippen LogP contribution in [0.3, 0.4) is 0 Å². The molecule has 4 rings (SSSR count). The average Bonchev–Trinajstić information content (AvgIpc) is 3.09. The molecular formula is C20H18N2O5. The Bertz CT molecular complexity index is 972. The van der Waals surface area contributed by atoms with Gasteiger partial charge in [0.15, 0.2) is 5.78 Å². The van der Waals surface area contributed by atoms with Crippen LogP contribution in [0.15, 0.2) is 48.5 Å². The van der Waals surface area contributed by atoms with E-state index in [1.165, 1.54) is 14.2 Å². The van der Waals surface area contributed by atoms with Crippen molar-refractivity contribution in [3.63, 3.8) is 0 Å². The number of para-hydroxylation sites is 1. The molecule has 7 nitrogen and oxygen atoms in total. The van der Waals surface area contributed by atoms with Crippen LogP contribution < -0.4 is 10.1 Å². The molecule has 0 spiro atoms.